The SMILES string of the molecule is COC1=NC([N+]2(C)CCOCC2)N=CN1OC. The predicted octanol–water partition coefficient (Wildman–Crippen LogP) is -0.345. The molecule has 0 N–H and O–H groups in total. The van der Waals surface area contributed by atoms with Gasteiger partial charge in [0.25, 0.3) is 6.29 Å². The molecule has 7 nitrogen and oxygen atoms in total. The van der Waals surface area contributed by atoms with Crippen molar-refractivity contribution >= 4 is 12.4 Å². The second-order valence-corrected chi connectivity index (χ2v) is 4.27. The van der Waals surface area contributed by atoms with Gasteiger partial charge in [0, 0.05) is 0 Å². The van der Waals surface area contributed by atoms with Gasteiger partial charge in [-0.15, -0.1) is 0 Å². The largest absolute Gasteiger partial charge is 0.467 e. The highest BCUT2D eigenvalue weighted by atomic mass is 16.7. The van der Waals surface area contributed by atoms with Crippen LogP contribution in [0.2, 0.25) is 0 Å². The third kappa shape index (κ3) is 2.41. The molecule has 96 valence electrons. The fraction of sp³-hybridized carbons (Fsp3) is 0.800. The van der Waals surface area contributed by atoms with Crippen molar-refractivity contribution in [2.45, 2.75) is 6.29 Å². The van der Waals surface area contributed by atoms with E-state index in [1.54, 1.807) is 20.6 Å². The van der Waals surface area contributed by atoms with Gasteiger partial charge in [-0.2, -0.15) is 15.0 Å². The number of hydroxylamine groups is 2. The maximum atomic E-state index is 5.37. The summed E-state index contributed by atoms with van der Waals surface area (Å²) in [5.74, 6) is 0. The minimum absolute atomic E-state index is 0.180. The molecule has 0 aromatic carbocycles. The Hall–Kier alpha value is -1.18. The third-order valence-electron chi connectivity index (χ3n) is 3.15. The van der Waals surface area contributed by atoms with Gasteiger partial charge >= 0.3 is 6.02 Å². The summed E-state index contributed by atoms with van der Waals surface area (Å²) in [7, 11) is 5.25. The van der Waals surface area contributed by atoms with Crippen molar-refractivity contribution in [3.63, 3.8) is 0 Å². The maximum absolute atomic E-state index is 5.37. The average Bonchev–Trinajstić information content (AvgIpc) is 2.38. The van der Waals surface area contributed by atoms with Crippen LogP contribution in [-0.4, -0.2) is 75.8 Å². The summed E-state index contributed by atoms with van der Waals surface area (Å²) in [6.45, 7) is 3.29. The van der Waals surface area contributed by atoms with E-state index in [0.29, 0.717) is 6.02 Å². The monoisotopic (exact) mass is 243 g/mol. The molecule has 1 atom stereocenters. The van der Waals surface area contributed by atoms with Crippen LogP contribution in [0.5, 0.6) is 0 Å². The number of quaternary nitrogens is 1. The van der Waals surface area contributed by atoms with Crippen LogP contribution < -0.4 is 0 Å². The molecule has 1 fully saturated rings. The van der Waals surface area contributed by atoms with E-state index in [9.17, 15) is 0 Å². The van der Waals surface area contributed by atoms with E-state index in [-0.39, 0.29) is 6.29 Å². The summed E-state index contributed by atoms with van der Waals surface area (Å²) in [6, 6.07) is 0.429. The number of methoxy groups -OCH3 is 1. The lowest BCUT2D eigenvalue weighted by atomic mass is 10.3. The molecule has 17 heavy (non-hydrogen) atoms. The van der Waals surface area contributed by atoms with Gasteiger partial charge in [-0.3, -0.25) is 9.32 Å². The minimum Gasteiger partial charge on any atom is -0.467 e. The number of rotatable bonds is 2. The molecule has 0 aromatic heterocycles. The van der Waals surface area contributed by atoms with Crippen molar-refractivity contribution in [1.82, 2.24) is 5.06 Å². The van der Waals surface area contributed by atoms with Crippen molar-refractivity contribution in [1.29, 1.82) is 0 Å². The number of hydrogen-bond acceptors (Lipinski definition) is 6. The van der Waals surface area contributed by atoms with Crippen LogP contribution in [0.25, 0.3) is 0 Å². The highest BCUT2D eigenvalue weighted by Gasteiger charge is 2.37. The van der Waals surface area contributed by atoms with Gasteiger partial charge < -0.3 is 9.47 Å². The summed E-state index contributed by atoms with van der Waals surface area (Å²) in [4.78, 5) is 13.9. The molecule has 0 radical (unpaired) electrons. The Morgan fingerprint density at radius 1 is 1.41 bits per heavy atom. The highest BCUT2D eigenvalue weighted by molar-refractivity contribution is 5.85. The van der Waals surface area contributed by atoms with Gasteiger partial charge in [-0.1, -0.05) is 0 Å². The smallest absolute Gasteiger partial charge is 0.324 e. The van der Waals surface area contributed by atoms with Gasteiger partial charge in [0.1, 0.15) is 19.4 Å². The van der Waals surface area contributed by atoms with Crippen LogP contribution >= 0.6 is 0 Å². The van der Waals surface area contributed by atoms with Crippen molar-refractivity contribution in [3.05, 3.63) is 0 Å². The summed E-state index contributed by atoms with van der Waals surface area (Å²) in [6.07, 6.45) is 1.43. The molecule has 1 unspecified atom stereocenters. The molecule has 0 saturated carbocycles. The zero-order chi connectivity index (χ0) is 12.3. The number of morpholine rings is 1. The third-order valence-corrected chi connectivity index (χ3v) is 3.15. The summed E-state index contributed by atoms with van der Waals surface area (Å²) < 4.78 is 11.3. The van der Waals surface area contributed by atoms with Crippen LogP contribution in [0.1, 0.15) is 0 Å². The first-order valence-electron chi connectivity index (χ1n) is 5.60. The second-order valence-electron chi connectivity index (χ2n) is 4.27. The lowest BCUT2D eigenvalue weighted by Gasteiger charge is -2.40. The Balaban J connectivity index is 2.14. The maximum Gasteiger partial charge on any atom is 0.324 e. The second kappa shape index (κ2) is 4.99. The summed E-state index contributed by atoms with van der Waals surface area (Å²) in [5.41, 5.74) is 0. The standard InChI is InChI=1S/C10H19N4O3/c1-14(4-6-17-7-5-14)9-11-8-13(16-3)10(12-9)15-2/h8-9H,4-7H2,1-3H3/q+1. The highest BCUT2D eigenvalue weighted by Crippen LogP contribution is 2.19. The lowest BCUT2D eigenvalue weighted by molar-refractivity contribution is -0.939. The van der Waals surface area contributed by atoms with Crippen molar-refractivity contribution in [2.24, 2.45) is 9.98 Å². The topological polar surface area (TPSA) is 55.7 Å². The van der Waals surface area contributed by atoms with Crippen LogP contribution in [0.3, 0.4) is 0 Å². The van der Waals surface area contributed by atoms with E-state index in [0.717, 1.165) is 30.8 Å². The first-order chi connectivity index (χ1) is 8.19. The Morgan fingerprint density at radius 3 is 2.71 bits per heavy atom. The lowest BCUT2D eigenvalue weighted by Crippen LogP contribution is -2.58. The molecule has 2 aliphatic heterocycles. The fourth-order valence-electron chi connectivity index (χ4n) is 1.92. The normalized spacial score (nSPS) is 27.8. The fourth-order valence-corrected chi connectivity index (χ4v) is 1.92. The van der Waals surface area contributed by atoms with E-state index >= 15 is 0 Å². The van der Waals surface area contributed by atoms with Crippen molar-refractivity contribution in [2.75, 3.05) is 47.6 Å². The zero-order valence-corrected chi connectivity index (χ0v) is 10.5. The first-order valence-corrected chi connectivity index (χ1v) is 5.60. The van der Waals surface area contributed by atoms with Crippen molar-refractivity contribution < 1.29 is 18.8 Å². The Morgan fingerprint density at radius 2 is 2.12 bits per heavy atom. The molecule has 0 aliphatic carbocycles. The van der Waals surface area contributed by atoms with Crippen LogP contribution in [0, 0.1) is 0 Å². The molecular weight excluding hydrogens is 224 g/mol. The zero-order valence-electron chi connectivity index (χ0n) is 10.5. The number of ether oxygens (including phenoxy) is 2. The van der Waals surface area contributed by atoms with Gasteiger partial charge in [0.05, 0.1) is 34.5 Å². The molecule has 7 heteroatoms. The van der Waals surface area contributed by atoms with Crippen LogP contribution in [-0.2, 0) is 14.3 Å². The molecule has 0 bridgehead atoms. The number of hydrogen-bond donors (Lipinski definition) is 0. The van der Waals surface area contributed by atoms with Crippen molar-refractivity contribution in [3.8, 4) is 0 Å². The minimum atomic E-state index is -0.180. The number of aliphatic imine (C=N–C) groups is 2. The van der Waals surface area contributed by atoms with Crippen LogP contribution in [0.15, 0.2) is 9.98 Å². The van der Waals surface area contributed by atoms with Crippen LogP contribution in [0.4, 0.5) is 0 Å². The Labute approximate surface area is 101 Å². The Kier molecular flexibility index (Phi) is 3.60. The molecular formula is C10H19N4O3+. The quantitative estimate of drug-likeness (QED) is 0.622. The summed E-state index contributed by atoms with van der Waals surface area (Å²) >= 11 is 0. The molecule has 2 rings (SSSR count). The Bertz CT molecular complexity index is 326. The van der Waals surface area contributed by atoms with E-state index < -0.39 is 0 Å². The number of nitrogens with zero attached hydrogens (tertiary/aromatic N) is 4. The number of likely N-dealkylation sites (N-methyl/N-ethyl adjacent to an activating group) is 1. The molecule has 2 aliphatic rings. The predicted molar refractivity (Wildman–Crippen MR) is 62.3 cm³/mol. The molecule has 0 amide bonds. The van der Waals surface area contributed by atoms with Gasteiger partial charge in [0.15, 0.2) is 0 Å². The van der Waals surface area contributed by atoms with E-state index in [1.165, 1.54) is 5.06 Å². The van der Waals surface area contributed by atoms with Gasteiger partial charge in [-0.25, -0.2) is 0 Å². The van der Waals surface area contributed by atoms with E-state index in [2.05, 4.69) is 17.0 Å². The average molecular weight is 243 g/mol. The molecule has 2 heterocycles. The first kappa shape index (κ1) is 12.3. The van der Waals surface area contributed by atoms with Gasteiger partial charge in [0.2, 0.25) is 0 Å². The molecule has 1 saturated heterocycles. The van der Waals surface area contributed by atoms with E-state index in [1.807, 2.05) is 0 Å². The van der Waals surface area contributed by atoms with E-state index in [4.69, 9.17) is 14.3 Å². The molecule has 0 aromatic rings. The summed E-state index contributed by atoms with van der Waals surface area (Å²) in [5, 5.41) is 1.41. The molecule has 0 spiro atoms. The van der Waals surface area contributed by atoms with Gasteiger partial charge in [-0.05, 0) is 0 Å². The number of amidine groups is 1.